The highest BCUT2D eigenvalue weighted by Crippen LogP contribution is 2.29. The predicted octanol–water partition coefficient (Wildman–Crippen LogP) is 4.25. The van der Waals surface area contributed by atoms with Crippen molar-refractivity contribution >= 4 is 11.6 Å². The Kier molecular flexibility index (Phi) is 3.95. The lowest BCUT2D eigenvalue weighted by Gasteiger charge is -2.21. The average Bonchev–Trinajstić information content (AvgIpc) is 3.29. The van der Waals surface area contributed by atoms with E-state index in [0.717, 1.165) is 41.7 Å². The molecule has 3 aromatic rings. The maximum Gasteiger partial charge on any atom is 0.138 e. The molecule has 0 unspecified atom stereocenters. The molecule has 0 saturated carbocycles. The van der Waals surface area contributed by atoms with Crippen LogP contribution in [-0.2, 0) is 11.3 Å². The number of nitrogens with zero attached hydrogens (tertiary/aromatic N) is 2. The van der Waals surface area contributed by atoms with Gasteiger partial charge in [-0.3, -0.25) is 4.90 Å². The van der Waals surface area contributed by atoms with Gasteiger partial charge in [0.1, 0.15) is 12.0 Å². The Morgan fingerprint density at radius 1 is 1.13 bits per heavy atom. The molecular weight excluding hydrogens is 312 g/mol. The van der Waals surface area contributed by atoms with Crippen LogP contribution in [0.4, 0.5) is 0 Å². The van der Waals surface area contributed by atoms with Crippen molar-refractivity contribution in [1.82, 2.24) is 9.47 Å². The van der Waals surface area contributed by atoms with Crippen molar-refractivity contribution in [2.24, 2.45) is 0 Å². The van der Waals surface area contributed by atoms with Gasteiger partial charge in [0, 0.05) is 35.2 Å². The lowest BCUT2D eigenvalue weighted by Crippen LogP contribution is -2.22. The summed E-state index contributed by atoms with van der Waals surface area (Å²) >= 11 is 5.95. The summed E-state index contributed by atoms with van der Waals surface area (Å²) in [7, 11) is 0. The second-order valence-electron chi connectivity index (χ2n) is 5.60. The monoisotopic (exact) mass is 328 g/mol. The summed E-state index contributed by atoms with van der Waals surface area (Å²) in [6.45, 7) is 2.39. The van der Waals surface area contributed by atoms with Gasteiger partial charge >= 0.3 is 0 Å². The third-order valence-corrected chi connectivity index (χ3v) is 4.30. The number of benzene rings is 1. The molecule has 0 aliphatic carbocycles. The van der Waals surface area contributed by atoms with Crippen molar-refractivity contribution in [3.05, 3.63) is 77.5 Å². The first-order valence-electron chi connectivity index (χ1n) is 7.61. The molecular formula is C18H17ClN2O2. The molecule has 5 heteroatoms. The maximum atomic E-state index is 5.95. The Labute approximate surface area is 139 Å². The number of hydrogen-bond acceptors (Lipinski definition) is 3. The van der Waals surface area contributed by atoms with E-state index in [1.165, 1.54) is 0 Å². The Balaban J connectivity index is 1.54. The van der Waals surface area contributed by atoms with Crippen molar-refractivity contribution in [2.75, 3.05) is 13.2 Å². The van der Waals surface area contributed by atoms with E-state index in [2.05, 4.69) is 21.7 Å². The van der Waals surface area contributed by atoms with Gasteiger partial charge in [0.15, 0.2) is 0 Å². The zero-order valence-electron chi connectivity index (χ0n) is 12.6. The second-order valence-corrected chi connectivity index (χ2v) is 6.04. The molecule has 1 saturated heterocycles. The highest BCUT2D eigenvalue weighted by molar-refractivity contribution is 6.30. The summed E-state index contributed by atoms with van der Waals surface area (Å²) in [5.74, 6) is 0.956. The van der Waals surface area contributed by atoms with E-state index < -0.39 is 0 Å². The number of aromatic nitrogens is 1. The van der Waals surface area contributed by atoms with Gasteiger partial charge in [0.05, 0.1) is 19.4 Å². The fraction of sp³-hybridized carbons (Fsp3) is 0.222. The van der Waals surface area contributed by atoms with E-state index in [0.29, 0.717) is 0 Å². The van der Waals surface area contributed by atoms with Crippen LogP contribution < -0.4 is 0 Å². The molecule has 118 valence electrons. The lowest BCUT2D eigenvalue weighted by molar-refractivity contribution is 0.0258. The molecule has 1 atom stereocenters. The minimum atomic E-state index is -0.0337. The number of ether oxygens (including phenoxy) is 1. The minimum Gasteiger partial charge on any atom is -0.468 e. The van der Waals surface area contributed by atoms with E-state index in [4.69, 9.17) is 20.8 Å². The van der Waals surface area contributed by atoms with Crippen LogP contribution in [0.5, 0.6) is 0 Å². The summed E-state index contributed by atoms with van der Waals surface area (Å²) in [4.78, 5) is 2.28. The molecule has 1 fully saturated rings. The number of hydrogen-bond donors (Lipinski definition) is 0. The van der Waals surface area contributed by atoms with E-state index in [-0.39, 0.29) is 6.23 Å². The van der Waals surface area contributed by atoms with Crippen molar-refractivity contribution in [1.29, 1.82) is 0 Å². The van der Waals surface area contributed by atoms with Crippen LogP contribution in [-0.4, -0.2) is 22.6 Å². The molecule has 0 N–H and O–H groups in total. The molecule has 1 aromatic carbocycles. The fourth-order valence-electron chi connectivity index (χ4n) is 2.91. The first-order chi connectivity index (χ1) is 11.3. The molecule has 0 bridgehead atoms. The first kappa shape index (κ1) is 14.6. The topological polar surface area (TPSA) is 30.5 Å². The maximum absolute atomic E-state index is 5.95. The second kappa shape index (κ2) is 6.24. The summed E-state index contributed by atoms with van der Waals surface area (Å²) in [5, 5.41) is 0.741. The molecule has 4 rings (SSSR count). The summed E-state index contributed by atoms with van der Waals surface area (Å²) in [6.07, 6.45) is 5.83. The molecule has 0 spiro atoms. The van der Waals surface area contributed by atoms with Crippen molar-refractivity contribution in [2.45, 2.75) is 12.8 Å². The van der Waals surface area contributed by atoms with Gasteiger partial charge in [0.25, 0.3) is 0 Å². The van der Waals surface area contributed by atoms with Crippen molar-refractivity contribution in [3.63, 3.8) is 0 Å². The summed E-state index contributed by atoms with van der Waals surface area (Å²) < 4.78 is 13.5. The fourth-order valence-corrected chi connectivity index (χ4v) is 3.03. The SMILES string of the molecule is Clc1ccc(-n2ccc([C@H]3OCCN3Cc3ccco3)c2)cc1. The third kappa shape index (κ3) is 3.06. The van der Waals surface area contributed by atoms with Crippen LogP contribution in [0.25, 0.3) is 5.69 Å². The Morgan fingerprint density at radius 3 is 2.78 bits per heavy atom. The van der Waals surface area contributed by atoms with Gasteiger partial charge in [0.2, 0.25) is 0 Å². The van der Waals surface area contributed by atoms with Crippen LogP contribution in [0, 0.1) is 0 Å². The predicted molar refractivity (Wildman–Crippen MR) is 88.6 cm³/mol. The van der Waals surface area contributed by atoms with Crippen LogP contribution in [0.1, 0.15) is 17.6 Å². The van der Waals surface area contributed by atoms with Gasteiger partial charge in [-0.15, -0.1) is 0 Å². The van der Waals surface area contributed by atoms with Crippen molar-refractivity contribution < 1.29 is 9.15 Å². The molecule has 1 aliphatic heterocycles. The van der Waals surface area contributed by atoms with Gasteiger partial charge in [-0.25, -0.2) is 0 Å². The first-order valence-corrected chi connectivity index (χ1v) is 7.99. The largest absolute Gasteiger partial charge is 0.468 e. The quantitative estimate of drug-likeness (QED) is 0.717. The Hall–Kier alpha value is -2.01. The van der Waals surface area contributed by atoms with Crippen LogP contribution in [0.15, 0.2) is 65.5 Å². The summed E-state index contributed by atoms with van der Waals surface area (Å²) in [5.41, 5.74) is 2.22. The zero-order valence-corrected chi connectivity index (χ0v) is 13.3. The Morgan fingerprint density at radius 2 is 2.00 bits per heavy atom. The molecule has 0 radical (unpaired) electrons. The van der Waals surface area contributed by atoms with Gasteiger partial charge in [-0.05, 0) is 42.5 Å². The molecule has 1 aliphatic rings. The third-order valence-electron chi connectivity index (χ3n) is 4.05. The zero-order chi connectivity index (χ0) is 15.6. The number of halogens is 1. The number of furan rings is 1. The van der Waals surface area contributed by atoms with E-state index in [9.17, 15) is 0 Å². The van der Waals surface area contributed by atoms with Gasteiger partial charge in [-0.1, -0.05) is 11.6 Å². The van der Waals surface area contributed by atoms with E-state index >= 15 is 0 Å². The van der Waals surface area contributed by atoms with E-state index in [1.807, 2.05) is 42.6 Å². The molecule has 2 aromatic heterocycles. The van der Waals surface area contributed by atoms with Crippen LogP contribution in [0.3, 0.4) is 0 Å². The van der Waals surface area contributed by atoms with Crippen LogP contribution >= 0.6 is 11.6 Å². The van der Waals surface area contributed by atoms with Gasteiger partial charge < -0.3 is 13.7 Å². The van der Waals surface area contributed by atoms with Crippen molar-refractivity contribution in [3.8, 4) is 5.69 Å². The minimum absolute atomic E-state index is 0.0337. The highest BCUT2D eigenvalue weighted by Gasteiger charge is 2.28. The standard InChI is InChI=1S/C18H17ClN2O2/c19-15-3-5-16(6-4-15)20-8-7-14(12-20)18-21(9-11-23-18)13-17-2-1-10-22-17/h1-8,10,12,18H,9,11,13H2/t18-/m1/s1. The Bertz CT molecular complexity index is 765. The molecule has 23 heavy (non-hydrogen) atoms. The average molecular weight is 329 g/mol. The summed E-state index contributed by atoms with van der Waals surface area (Å²) in [6, 6.07) is 13.8. The lowest BCUT2D eigenvalue weighted by atomic mass is 10.2. The molecule has 4 nitrogen and oxygen atoms in total. The van der Waals surface area contributed by atoms with Crippen LogP contribution in [0.2, 0.25) is 5.02 Å². The number of rotatable bonds is 4. The normalized spacial score (nSPS) is 18.6. The highest BCUT2D eigenvalue weighted by atomic mass is 35.5. The van der Waals surface area contributed by atoms with E-state index in [1.54, 1.807) is 6.26 Å². The molecule has 3 heterocycles. The smallest absolute Gasteiger partial charge is 0.138 e. The van der Waals surface area contributed by atoms with Gasteiger partial charge in [-0.2, -0.15) is 0 Å². The molecule has 0 amide bonds.